The van der Waals surface area contributed by atoms with Crippen molar-refractivity contribution in [2.24, 2.45) is 11.3 Å². The van der Waals surface area contributed by atoms with E-state index in [1.54, 1.807) is 0 Å². The first-order chi connectivity index (χ1) is 16.6. The summed E-state index contributed by atoms with van der Waals surface area (Å²) < 4.78 is 2.17. The first kappa shape index (κ1) is 21.9. The fourth-order valence-electron chi connectivity index (χ4n) is 7.24. The third-order valence-corrected chi connectivity index (χ3v) is 9.47. The predicted octanol–water partition coefficient (Wildman–Crippen LogP) is 5.38. The Morgan fingerprint density at radius 2 is 1.74 bits per heavy atom. The Labute approximate surface area is 201 Å². The fraction of sp³-hybridized carbons (Fsp3) is 0.607. The van der Waals surface area contributed by atoms with Crippen molar-refractivity contribution < 1.29 is 9.59 Å². The third-order valence-electron chi connectivity index (χ3n) is 9.47. The van der Waals surface area contributed by atoms with Crippen molar-refractivity contribution in [1.29, 1.82) is 0 Å². The number of rotatable bonds is 6. The Morgan fingerprint density at radius 1 is 1.00 bits per heavy atom. The summed E-state index contributed by atoms with van der Waals surface area (Å²) in [4.78, 5) is 30.8. The maximum absolute atomic E-state index is 13.7. The number of fused-ring (bicyclic) bond motifs is 6. The third kappa shape index (κ3) is 3.75. The molecular weight excluding hydrogens is 424 g/mol. The Kier molecular flexibility index (Phi) is 5.50. The number of aromatic nitrogens is 2. The largest absolute Gasteiger partial charge is 0.338 e. The maximum Gasteiger partial charge on any atom is 0.315 e. The summed E-state index contributed by atoms with van der Waals surface area (Å²) >= 11 is 0. The molecule has 2 N–H and O–H groups in total. The van der Waals surface area contributed by atoms with Gasteiger partial charge >= 0.3 is 6.03 Å². The van der Waals surface area contributed by atoms with Crippen molar-refractivity contribution in [2.75, 3.05) is 6.54 Å². The van der Waals surface area contributed by atoms with E-state index in [-0.39, 0.29) is 23.0 Å². The van der Waals surface area contributed by atoms with Crippen LogP contribution < -0.4 is 10.6 Å². The molecular formula is C28H36N4O2. The molecule has 6 nitrogen and oxygen atoms in total. The first-order valence-electron chi connectivity index (χ1n) is 13.3. The molecule has 2 amide bonds. The summed E-state index contributed by atoms with van der Waals surface area (Å²) in [7, 11) is 0. The van der Waals surface area contributed by atoms with Crippen LogP contribution in [-0.4, -0.2) is 33.4 Å². The standard InChI is InChI=1S/C28H36N4O2/c33-25(16-23-21-8-4-5-9-22(21)24-18-29-19-32(23)24)27-10-13-28(14-11-27,15-12-27)31-26(34)30-17-20-6-2-1-3-7-20/h4-5,8-9,18-20,23H,1-3,6-7,10-17H2,(H2,30,31,34). The summed E-state index contributed by atoms with van der Waals surface area (Å²) in [6.45, 7) is 0.795. The van der Waals surface area contributed by atoms with Gasteiger partial charge < -0.3 is 15.2 Å². The molecule has 1 aromatic carbocycles. The zero-order valence-corrected chi connectivity index (χ0v) is 20.0. The Morgan fingerprint density at radius 3 is 2.50 bits per heavy atom. The molecule has 1 unspecified atom stereocenters. The molecule has 1 aromatic heterocycles. The SMILES string of the molecule is O=C(NCC1CCCCC1)NC12CCC(C(=O)CC3c4ccccc4-c4cncn43)(CC1)CC2. The second-order valence-corrected chi connectivity index (χ2v) is 11.3. The number of imidazole rings is 1. The molecule has 7 rings (SSSR count). The van der Waals surface area contributed by atoms with Crippen molar-refractivity contribution in [1.82, 2.24) is 20.2 Å². The smallest absolute Gasteiger partial charge is 0.315 e. The van der Waals surface area contributed by atoms with Crippen LogP contribution in [0.5, 0.6) is 0 Å². The molecule has 180 valence electrons. The summed E-state index contributed by atoms with van der Waals surface area (Å²) in [6, 6.07) is 8.44. The molecule has 1 aliphatic heterocycles. The molecule has 0 saturated heterocycles. The first-order valence-corrected chi connectivity index (χ1v) is 13.3. The number of hydrogen-bond donors (Lipinski definition) is 2. The van der Waals surface area contributed by atoms with Crippen molar-refractivity contribution >= 4 is 11.8 Å². The molecule has 5 aliphatic rings. The lowest BCUT2D eigenvalue weighted by Crippen LogP contribution is -2.60. The lowest BCUT2D eigenvalue weighted by Gasteiger charge is -2.53. The number of carbonyl (C=O) groups is 2. The number of Topliss-reactive ketones (excluding diaryl/α,β-unsaturated/α-hetero) is 1. The van der Waals surface area contributed by atoms with Crippen LogP contribution in [0.15, 0.2) is 36.8 Å². The zero-order valence-electron chi connectivity index (χ0n) is 20.0. The molecule has 4 fully saturated rings. The van der Waals surface area contributed by atoms with Gasteiger partial charge in [0.2, 0.25) is 0 Å². The van der Waals surface area contributed by atoms with Crippen LogP contribution >= 0.6 is 0 Å². The second kappa shape index (κ2) is 8.54. The number of nitrogens with one attached hydrogen (secondary N) is 2. The number of carbonyl (C=O) groups excluding carboxylic acids is 2. The van der Waals surface area contributed by atoms with E-state index in [0.717, 1.165) is 50.8 Å². The summed E-state index contributed by atoms with van der Waals surface area (Å²) in [5, 5.41) is 6.48. The van der Waals surface area contributed by atoms with Gasteiger partial charge in [-0.25, -0.2) is 9.78 Å². The number of nitrogens with zero attached hydrogens (tertiary/aromatic N) is 2. The predicted molar refractivity (Wildman–Crippen MR) is 131 cm³/mol. The number of urea groups is 1. The highest BCUT2D eigenvalue weighted by Gasteiger charge is 2.53. The lowest BCUT2D eigenvalue weighted by atomic mass is 9.55. The van der Waals surface area contributed by atoms with E-state index in [0.29, 0.717) is 18.1 Å². The van der Waals surface area contributed by atoms with Gasteiger partial charge in [-0.15, -0.1) is 0 Å². The fourth-order valence-corrected chi connectivity index (χ4v) is 7.24. The monoisotopic (exact) mass is 460 g/mol. The molecule has 6 heteroatoms. The van der Waals surface area contributed by atoms with Gasteiger partial charge in [0.1, 0.15) is 5.78 Å². The molecule has 34 heavy (non-hydrogen) atoms. The van der Waals surface area contributed by atoms with Crippen molar-refractivity contribution in [3.63, 3.8) is 0 Å². The van der Waals surface area contributed by atoms with Crippen LogP contribution in [0.3, 0.4) is 0 Å². The van der Waals surface area contributed by atoms with Crippen LogP contribution in [0, 0.1) is 11.3 Å². The topological polar surface area (TPSA) is 76.0 Å². The van der Waals surface area contributed by atoms with Gasteiger partial charge in [-0.05, 0) is 62.8 Å². The van der Waals surface area contributed by atoms with Gasteiger partial charge in [0.25, 0.3) is 0 Å². The molecule has 2 aromatic rings. The Balaban J connectivity index is 1.07. The van der Waals surface area contributed by atoms with E-state index in [1.807, 2.05) is 12.5 Å². The van der Waals surface area contributed by atoms with Gasteiger partial charge in [-0.1, -0.05) is 43.5 Å². The van der Waals surface area contributed by atoms with Gasteiger partial charge in [0.15, 0.2) is 0 Å². The number of hydrogen-bond acceptors (Lipinski definition) is 3. The minimum Gasteiger partial charge on any atom is -0.338 e. The number of ketones is 1. The average molecular weight is 461 g/mol. The van der Waals surface area contributed by atoms with Gasteiger partial charge in [-0.2, -0.15) is 0 Å². The summed E-state index contributed by atoms with van der Waals surface area (Å²) in [5.41, 5.74) is 3.20. The maximum atomic E-state index is 13.7. The van der Waals surface area contributed by atoms with E-state index < -0.39 is 0 Å². The number of amides is 2. The quantitative estimate of drug-likeness (QED) is 0.607. The van der Waals surface area contributed by atoms with Crippen LogP contribution in [0.4, 0.5) is 4.79 Å². The highest BCUT2D eigenvalue weighted by atomic mass is 16.2. The van der Waals surface area contributed by atoms with Crippen molar-refractivity contribution in [3.05, 3.63) is 42.4 Å². The molecule has 2 heterocycles. The Hall–Kier alpha value is -2.63. The lowest BCUT2D eigenvalue weighted by molar-refractivity contribution is -0.136. The van der Waals surface area contributed by atoms with Crippen LogP contribution in [0.25, 0.3) is 11.3 Å². The van der Waals surface area contributed by atoms with E-state index in [9.17, 15) is 9.59 Å². The molecule has 4 aliphatic carbocycles. The molecule has 2 bridgehead atoms. The van der Waals surface area contributed by atoms with E-state index in [1.165, 1.54) is 43.2 Å². The minimum absolute atomic E-state index is 0.0125. The highest BCUT2D eigenvalue weighted by molar-refractivity contribution is 5.87. The van der Waals surface area contributed by atoms with Gasteiger partial charge in [0.05, 0.1) is 24.3 Å². The van der Waals surface area contributed by atoms with Crippen LogP contribution in [-0.2, 0) is 4.79 Å². The van der Waals surface area contributed by atoms with Gasteiger partial charge in [0, 0.05) is 29.5 Å². The van der Waals surface area contributed by atoms with Crippen molar-refractivity contribution in [3.8, 4) is 11.3 Å². The molecule has 1 atom stereocenters. The molecule has 0 radical (unpaired) electrons. The highest BCUT2D eigenvalue weighted by Crippen LogP contribution is 2.54. The summed E-state index contributed by atoms with van der Waals surface area (Å²) in [6.07, 6.45) is 16.1. The average Bonchev–Trinajstić information content (AvgIpc) is 3.47. The van der Waals surface area contributed by atoms with Crippen LogP contribution in [0.1, 0.15) is 88.7 Å². The van der Waals surface area contributed by atoms with Crippen LogP contribution in [0.2, 0.25) is 0 Å². The number of benzene rings is 1. The van der Waals surface area contributed by atoms with Gasteiger partial charge in [-0.3, -0.25) is 4.79 Å². The zero-order chi connectivity index (χ0) is 23.2. The van der Waals surface area contributed by atoms with E-state index in [2.05, 4.69) is 44.5 Å². The second-order valence-electron chi connectivity index (χ2n) is 11.3. The molecule has 0 spiro atoms. The van der Waals surface area contributed by atoms with Crippen molar-refractivity contribution in [2.45, 2.75) is 88.6 Å². The minimum atomic E-state index is -0.222. The summed E-state index contributed by atoms with van der Waals surface area (Å²) in [5.74, 6) is 1.03. The Bertz CT molecular complexity index is 1060. The molecule has 4 saturated carbocycles. The van der Waals surface area contributed by atoms with E-state index >= 15 is 0 Å². The normalized spacial score (nSPS) is 29.9. The van der Waals surface area contributed by atoms with E-state index in [4.69, 9.17) is 0 Å².